The van der Waals surface area contributed by atoms with Gasteiger partial charge in [0, 0.05) is 24.5 Å². The largest absolute Gasteiger partial charge is 0.464 e. The Kier molecular flexibility index (Phi) is 4.98. The molecule has 0 amide bonds. The van der Waals surface area contributed by atoms with Crippen LogP contribution >= 0.6 is 0 Å². The number of hydrogen-bond donors (Lipinski definition) is 1. The average Bonchev–Trinajstić information content (AvgIpc) is 3.14. The maximum absolute atomic E-state index is 12.5. The molecule has 26 heavy (non-hydrogen) atoms. The van der Waals surface area contributed by atoms with Crippen molar-refractivity contribution in [1.82, 2.24) is 9.71 Å². The molecule has 6 heteroatoms. The lowest BCUT2D eigenvalue weighted by Crippen LogP contribution is -2.23. The van der Waals surface area contributed by atoms with Crippen molar-refractivity contribution in [1.29, 1.82) is 0 Å². The van der Waals surface area contributed by atoms with Crippen LogP contribution in [0, 0.1) is 0 Å². The van der Waals surface area contributed by atoms with E-state index in [9.17, 15) is 8.42 Å². The van der Waals surface area contributed by atoms with Gasteiger partial charge in [0.05, 0.1) is 11.2 Å². The van der Waals surface area contributed by atoms with Crippen molar-refractivity contribution in [3.05, 3.63) is 72.2 Å². The minimum atomic E-state index is -3.59. The van der Waals surface area contributed by atoms with Crippen LogP contribution in [-0.2, 0) is 22.0 Å². The predicted octanol–water partition coefficient (Wildman–Crippen LogP) is 4.12. The van der Waals surface area contributed by atoms with Gasteiger partial charge in [0.25, 0.3) is 0 Å². The zero-order chi connectivity index (χ0) is 18.8. The smallest absolute Gasteiger partial charge is 0.240 e. The molecule has 0 unspecified atom stereocenters. The number of nitrogens with zero attached hydrogens (tertiary/aromatic N) is 1. The summed E-state index contributed by atoms with van der Waals surface area (Å²) in [7, 11) is -3.59. The molecule has 2 heterocycles. The first-order valence-corrected chi connectivity index (χ1v) is 9.82. The van der Waals surface area contributed by atoms with Crippen LogP contribution in [0.1, 0.15) is 31.9 Å². The van der Waals surface area contributed by atoms with Crippen LogP contribution in [0.25, 0.3) is 11.3 Å². The van der Waals surface area contributed by atoms with Gasteiger partial charge in [0.1, 0.15) is 5.76 Å². The van der Waals surface area contributed by atoms with Crippen molar-refractivity contribution in [3.63, 3.8) is 0 Å². The summed E-state index contributed by atoms with van der Waals surface area (Å²) in [4.78, 5) is 4.41. The van der Waals surface area contributed by atoms with Crippen LogP contribution in [0.5, 0.6) is 0 Å². The number of hydrogen-bond acceptors (Lipinski definition) is 4. The predicted molar refractivity (Wildman–Crippen MR) is 101 cm³/mol. The number of furan rings is 1. The quantitative estimate of drug-likeness (QED) is 0.733. The number of rotatable bonds is 5. The van der Waals surface area contributed by atoms with Crippen molar-refractivity contribution in [2.75, 3.05) is 0 Å². The Morgan fingerprint density at radius 3 is 2.42 bits per heavy atom. The Morgan fingerprint density at radius 1 is 1.08 bits per heavy atom. The van der Waals surface area contributed by atoms with Crippen LogP contribution in [0.3, 0.4) is 0 Å². The van der Waals surface area contributed by atoms with E-state index in [1.54, 1.807) is 36.9 Å². The fraction of sp³-hybridized carbons (Fsp3) is 0.250. The SMILES string of the molecule is CC(C)(C)c1ccc(S(=O)(=O)NCc2cncc(-c3ccco3)c2)cc1. The van der Waals surface area contributed by atoms with E-state index in [-0.39, 0.29) is 16.9 Å². The summed E-state index contributed by atoms with van der Waals surface area (Å²) in [6.45, 7) is 6.43. The van der Waals surface area contributed by atoms with Crippen LogP contribution in [-0.4, -0.2) is 13.4 Å². The maximum Gasteiger partial charge on any atom is 0.240 e. The number of benzene rings is 1. The van der Waals surface area contributed by atoms with Gasteiger partial charge in [-0.15, -0.1) is 0 Å². The van der Waals surface area contributed by atoms with Gasteiger partial charge >= 0.3 is 0 Å². The van der Waals surface area contributed by atoms with Crippen LogP contribution in [0.2, 0.25) is 0 Å². The van der Waals surface area contributed by atoms with Crippen molar-refractivity contribution in [2.45, 2.75) is 37.6 Å². The molecule has 0 aliphatic heterocycles. The Bertz CT molecular complexity index is 971. The second-order valence-corrected chi connectivity index (χ2v) is 8.93. The lowest BCUT2D eigenvalue weighted by Gasteiger charge is -2.19. The van der Waals surface area contributed by atoms with Crippen molar-refractivity contribution < 1.29 is 12.8 Å². The fourth-order valence-electron chi connectivity index (χ4n) is 2.56. The summed E-state index contributed by atoms with van der Waals surface area (Å²) in [5, 5.41) is 0. The monoisotopic (exact) mass is 370 g/mol. The molecule has 0 bridgehead atoms. The van der Waals surface area contributed by atoms with E-state index in [0.717, 1.165) is 16.7 Å². The number of nitrogens with one attached hydrogen (secondary N) is 1. The third-order valence-corrected chi connectivity index (χ3v) is 5.51. The highest BCUT2D eigenvalue weighted by Gasteiger charge is 2.17. The van der Waals surface area contributed by atoms with Gasteiger partial charge in [-0.2, -0.15) is 0 Å². The number of pyridine rings is 1. The van der Waals surface area contributed by atoms with E-state index in [1.165, 1.54) is 0 Å². The molecule has 3 aromatic rings. The van der Waals surface area contributed by atoms with Gasteiger partial charge in [-0.25, -0.2) is 13.1 Å². The lowest BCUT2D eigenvalue weighted by molar-refractivity contribution is 0.578. The summed E-state index contributed by atoms with van der Waals surface area (Å²) >= 11 is 0. The Balaban J connectivity index is 1.73. The first-order valence-electron chi connectivity index (χ1n) is 8.34. The highest BCUT2D eigenvalue weighted by Crippen LogP contribution is 2.24. The highest BCUT2D eigenvalue weighted by molar-refractivity contribution is 7.89. The molecular formula is C20H22N2O3S. The van der Waals surface area contributed by atoms with Crippen LogP contribution in [0.15, 0.2) is 70.4 Å². The summed E-state index contributed by atoms with van der Waals surface area (Å²) in [6, 6.07) is 12.5. The first kappa shape index (κ1) is 18.4. The molecule has 5 nitrogen and oxygen atoms in total. The molecule has 0 spiro atoms. The van der Waals surface area contributed by atoms with E-state index in [1.807, 2.05) is 24.3 Å². The lowest BCUT2D eigenvalue weighted by atomic mass is 9.87. The fourth-order valence-corrected chi connectivity index (χ4v) is 3.58. The second kappa shape index (κ2) is 7.05. The van der Waals surface area contributed by atoms with E-state index in [2.05, 4.69) is 30.5 Å². The van der Waals surface area contributed by atoms with Gasteiger partial charge in [0.2, 0.25) is 10.0 Å². The third-order valence-electron chi connectivity index (χ3n) is 4.10. The van der Waals surface area contributed by atoms with E-state index in [4.69, 9.17) is 4.42 Å². The molecule has 0 atom stereocenters. The van der Waals surface area contributed by atoms with E-state index >= 15 is 0 Å². The van der Waals surface area contributed by atoms with Gasteiger partial charge in [-0.1, -0.05) is 32.9 Å². The van der Waals surface area contributed by atoms with Crippen LogP contribution < -0.4 is 4.72 Å². The van der Waals surface area contributed by atoms with E-state index < -0.39 is 10.0 Å². The Morgan fingerprint density at radius 2 is 1.81 bits per heavy atom. The molecule has 136 valence electrons. The topological polar surface area (TPSA) is 72.2 Å². The maximum atomic E-state index is 12.5. The van der Waals surface area contributed by atoms with E-state index in [0.29, 0.717) is 5.76 Å². The molecule has 3 rings (SSSR count). The summed E-state index contributed by atoms with van der Waals surface area (Å²) in [6.07, 6.45) is 4.91. The van der Waals surface area contributed by atoms with Gasteiger partial charge in [-0.05, 0) is 46.9 Å². The third kappa shape index (κ3) is 4.20. The number of aromatic nitrogens is 1. The minimum Gasteiger partial charge on any atom is -0.464 e. The van der Waals surface area contributed by atoms with Gasteiger partial charge < -0.3 is 4.42 Å². The van der Waals surface area contributed by atoms with Crippen molar-refractivity contribution in [3.8, 4) is 11.3 Å². The summed E-state index contributed by atoms with van der Waals surface area (Å²) < 4.78 is 33.0. The standard InChI is InChI=1S/C20H22N2O3S/c1-20(2,3)17-6-8-18(9-7-17)26(23,24)22-13-15-11-16(14-21-12-15)19-5-4-10-25-19/h4-12,14,22H,13H2,1-3H3. The molecule has 2 aromatic heterocycles. The molecule has 0 saturated carbocycles. The van der Waals surface area contributed by atoms with Gasteiger partial charge in [-0.3, -0.25) is 4.98 Å². The Hall–Kier alpha value is -2.44. The average molecular weight is 370 g/mol. The van der Waals surface area contributed by atoms with Gasteiger partial charge in [0.15, 0.2) is 0 Å². The summed E-state index contributed by atoms with van der Waals surface area (Å²) in [5.74, 6) is 0.694. The normalized spacial score (nSPS) is 12.3. The highest BCUT2D eigenvalue weighted by atomic mass is 32.2. The molecule has 0 fully saturated rings. The van der Waals surface area contributed by atoms with Crippen molar-refractivity contribution in [2.24, 2.45) is 0 Å². The molecule has 0 radical (unpaired) electrons. The van der Waals surface area contributed by atoms with Crippen LogP contribution in [0.4, 0.5) is 0 Å². The summed E-state index contributed by atoms with van der Waals surface area (Å²) in [5.41, 5.74) is 2.63. The molecule has 0 saturated heterocycles. The number of sulfonamides is 1. The minimum absolute atomic E-state index is 0.0202. The zero-order valence-corrected chi connectivity index (χ0v) is 15.9. The molecule has 0 aliphatic rings. The van der Waals surface area contributed by atoms with Crippen molar-refractivity contribution >= 4 is 10.0 Å². The zero-order valence-electron chi connectivity index (χ0n) is 15.1. The first-order chi connectivity index (χ1) is 12.3. The molecular weight excluding hydrogens is 348 g/mol. The molecule has 1 aromatic carbocycles. The second-order valence-electron chi connectivity index (χ2n) is 7.16. The molecule has 0 aliphatic carbocycles. The molecule has 1 N–H and O–H groups in total. The Labute approximate surface area is 154 Å².